The normalized spacial score (nSPS) is 11.1. The molecule has 5 rings (SSSR count). The molecule has 0 aliphatic carbocycles. The number of benzene rings is 3. The van der Waals surface area contributed by atoms with E-state index in [1.165, 1.54) is 22.2 Å². The molecule has 7 heteroatoms. The zero-order valence-electron chi connectivity index (χ0n) is 16.5. The van der Waals surface area contributed by atoms with Gasteiger partial charge in [-0.05, 0) is 22.9 Å². The zero-order chi connectivity index (χ0) is 21.2. The fourth-order valence-corrected chi connectivity index (χ4v) is 4.30. The van der Waals surface area contributed by atoms with Crippen LogP contribution in [-0.4, -0.2) is 20.4 Å². The maximum Gasteiger partial charge on any atom is 0.261 e. The molecule has 0 unspecified atom stereocenters. The number of carbonyl (C=O) groups excluding carboxylic acids is 1. The predicted molar refractivity (Wildman–Crippen MR) is 124 cm³/mol. The molecule has 1 amide bonds. The monoisotopic (exact) mass is 426 g/mol. The molecule has 3 aromatic carbocycles. The molecule has 0 spiro atoms. The Hall–Kier alpha value is -3.84. The fraction of sp³-hybridized carbons (Fsp3) is 0.0833. The number of hydrogen-bond acceptors (Lipinski definition) is 5. The van der Waals surface area contributed by atoms with Gasteiger partial charge in [0.2, 0.25) is 5.91 Å². The highest BCUT2D eigenvalue weighted by atomic mass is 32.1. The van der Waals surface area contributed by atoms with Crippen LogP contribution < -0.4 is 10.9 Å². The van der Waals surface area contributed by atoms with Crippen LogP contribution in [-0.2, 0) is 11.3 Å². The molecule has 152 valence electrons. The van der Waals surface area contributed by atoms with Crippen LogP contribution in [0.3, 0.4) is 0 Å². The number of nitrogens with zero attached hydrogens (tertiary/aromatic N) is 3. The van der Waals surface area contributed by atoms with Crippen molar-refractivity contribution in [1.82, 2.24) is 14.5 Å². The van der Waals surface area contributed by atoms with Gasteiger partial charge >= 0.3 is 0 Å². The summed E-state index contributed by atoms with van der Waals surface area (Å²) < 4.78 is 1.46. The van der Waals surface area contributed by atoms with E-state index in [9.17, 15) is 9.59 Å². The van der Waals surface area contributed by atoms with Crippen LogP contribution in [0, 0.1) is 0 Å². The number of hydrogen-bond donors (Lipinski definition) is 1. The second-order valence-corrected chi connectivity index (χ2v) is 7.98. The molecule has 6 nitrogen and oxygen atoms in total. The Bertz CT molecular complexity index is 1470. The smallest absolute Gasteiger partial charge is 0.261 e. The zero-order valence-corrected chi connectivity index (χ0v) is 17.3. The van der Waals surface area contributed by atoms with Crippen molar-refractivity contribution in [2.75, 3.05) is 5.32 Å². The first kappa shape index (κ1) is 19.1. The number of rotatable bonds is 5. The van der Waals surface area contributed by atoms with Gasteiger partial charge in [0.1, 0.15) is 0 Å². The van der Waals surface area contributed by atoms with Crippen LogP contribution in [0.4, 0.5) is 5.13 Å². The molecule has 0 fully saturated rings. The highest BCUT2D eigenvalue weighted by Gasteiger charge is 2.11. The summed E-state index contributed by atoms with van der Waals surface area (Å²) in [6.45, 7) is 0.254. The third kappa shape index (κ3) is 3.83. The third-order valence-electron chi connectivity index (χ3n) is 5.13. The van der Waals surface area contributed by atoms with E-state index in [1.807, 2.05) is 35.7 Å². The summed E-state index contributed by atoms with van der Waals surface area (Å²) in [5, 5.41) is 8.13. The molecule has 0 radical (unpaired) electrons. The molecule has 0 saturated heterocycles. The Morgan fingerprint density at radius 3 is 2.65 bits per heavy atom. The Kier molecular flexibility index (Phi) is 5.01. The minimum absolute atomic E-state index is 0.147. The predicted octanol–water partition coefficient (Wildman–Crippen LogP) is 4.70. The van der Waals surface area contributed by atoms with E-state index in [4.69, 9.17) is 0 Å². The van der Waals surface area contributed by atoms with Gasteiger partial charge in [-0.2, -0.15) is 0 Å². The van der Waals surface area contributed by atoms with Crippen molar-refractivity contribution in [2.24, 2.45) is 0 Å². The number of aromatic nitrogens is 3. The van der Waals surface area contributed by atoms with Crippen molar-refractivity contribution in [3.05, 3.63) is 88.8 Å². The third-order valence-corrected chi connectivity index (χ3v) is 5.89. The van der Waals surface area contributed by atoms with Crippen LogP contribution in [0.5, 0.6) is 0 Å². The summed E-state index contributed by atoms with van der Waals surface area (Å²) in [4.78, 5) is 33.9. The van der Waals surface area contributed by atoms with Crippen molar-refractivity contribution in [2.45, 2.75) is 13.0 Å². The minimum Gasteiger partial charge on any atom is -0.302 e. The van der Waals surface area contributed by atoms with Crippen LogP contribution in [0.1, 0.15) is 6.42 Å². The SMILES string of the molecule is O=C(CCn1cnc2ccccc2c1=O)Nc1nc(-c2cccc3ccccc23)cs1. The molecule has 1 N–H and O–H groups in total. The number of amides is 1. The quantitative estimate of drug-likeness (QED) is 0.442. The topological polar surface area (TPSA) is 76.9 Å². The van der Waals surface area contributed by atoms with Gasteiger partial charge in [-0.25, -0.2) is 9.97 Å². The van der Waals surface area contributed by atoms with Gasteiger partial charge in [0.05, 0.1) is 22.9 Å². The van der Waals surface area contributed by atoms with Gasteiger partial charge in [0.15, 0.2) is 5.13 Å². The Morgan fingerprint density at radius 2 is 1.74 bits per heavy atom. The first-order valence-corrected chi connectivity index (χ1v) is 10.7. The average Bonchev–Trinajstić information content (AvgIpc) is 3.26. The van der Waals surface area contributed by atoms with E-state index in [0.29, 0.717) is 16.0 Å². The second-order valence-electron chi connectivity index (χ2n) is 7.12. The number of anilines is 1. The molecule has 2 aromatic heterocycles. The number of thiazole rings is 1. The van der Waals surface area contributed by atoms with Crippen molar-refractivity contribution >= 4 is 44.1 Å². The molecule has 5 aromatic rings. The Balaban J connectivity index is 1.29. The highest BCUT2D eigenvalue weighted by Crippen LogP contribution is 2.30. The van der Waals surface area contributed by atoms with Gasteiger partial charge in [0, 0.05) is 23.9 Å². The molecular formula is C24H18N4O2S. The standard InChI is InChI=1S/C24H18N4O2S/c29-22(12-13-28-15-25-20-11-4-3-9-19(20)23(28)30)27-24-26-21(14-31-24)18-10-5-7-16-6-1-2-8-17(16)18/h1-11,14-15H,12-13H2,(H,26,27,29). The first-order valence-electron chi connectivity index (χ1n) is 9.87. The van der Waals surface area contributed by atoms with E-state index in [0.717, 1.165) is 22.0 Å². The Labute approximate surface area is 181 Å². The summed E-state index contributed by atoms with van der Waals surface area (Å²) in [7, 11) is 0. The van der Waals surface area contributed by atoms with Crippen molar-refractivity contribution in [1.29, 1.82) is 0 Å². The van der Waals surface area contributed by atoms with Crippen LogP contribution in [0.25, 0.3) is 32.9 Å². The van der Waals surface area contributed by atoms with Gasteiger partial charge in [-0.1, -0.05) is 54.6 Å². The Morgan fingerprint density at radius 1 is 0.968 bits per heavy atom. The van der Waals surface area contributed by atoms with Crippen molar-refractivity contribution in [3.8, 4) is 11.3 Å². The molecule has 0 aliphatic rings. The van der Waals surface area contributed by atoms with E-state index in [1.54, 1.807) is 18.2 Å². The van der Waals surface area contributed by atoms with E-state index in [-0.39, 0.29) is 24.4 Å². The van der Waals surface area contributed by atoms with Crippen molar-refractivity contribution in [3.63, 3.8) is 0 Å². The maximum absolute atomic E-state index is 12.5. The molecule has 0 bridgehead atoms. The summed E-state index contributed by atoms with van der Waals surface area (Å²) in [5.41, 5.74) is 2.36. The summed E-state index contributed by atoms with van der Waals surface area (Å²) in [6, 6.07) is 21.4. The number of aryl methyl sites for hydroxylation is 1. The van der Waals surface area contributed by atoms with Crippen molar-refractivity contribution < 1.29 is 4.79 Å². The van der Waals surface area contributed by atoms with Crippen LogP contribution in [0.2, 0.25) is 0 Å². The average molecular weight is 427 g/mol. The molecule has 0 aliphatic heterocycles. The fourth-order valence-electron chi connectivity index (χ4n) is 3.57. The summed E-state index contributed by atoms with van der Waals surface area (Å²) in [5.74, 6) is -0.195. The van der Waals surface area contributed by atoms with Crippen LogP contribution >= 0.6 is 11.3 Å². The highest BCUT2D eigenvalue weighted by molar-refractivity contribution is 7.14. The molecule has 2 heterocycles. The molecule has 0 atom stereocenters. The van der Waals surface area contributed by atoms with E-state index >= 15 is 0 Å². The lowest BCUT2D eigenvalue weighted by Crippen LogP contribution is -2.23. The van der Waals surface area contributed by atoms with Gasteiger partial charge in [0.25, 0.3) is 5.56 Å². The number of para-hydroxylation sites is 1. The number of fused-ring (bicyclic) bond motifs is 2. The minimum atomic E-state index is -0.195. The summed E-state index contributed by atoms with van der Waals surface area (Å²) in [6.07, 6.45) is 1.64. The molecule has 31 heavy (non-hydrogen) atoms. The molecule has 0 saturated carbocycles. The van der Waals surface area contributed by atoms with E-state index in [2.05, 4.69) is 33.5 Å². The number of carbonyl (C=O) groups is 1. The van der Waals surface area contributed by atoms with Gasteiger partial charge < -0.3 is 5.32 Å². The maximum atomic E-state index is 12.5. The number of nitrogens with one attached hydrogen (secondary N) is 1. The first-order chi connectivity index (χ1) is 15.2. The molecular weight excluding hydrogens is 408 g/mol. The summed E-state index contributed by atoms with van der Waals surface area (Å²) >= 11 is 1.38. The van der Waals surface area contributed by atoms with Crippen LogP contribution in [0.15, 0.2) is 83.2 Å². The lowest BCUT2D eigenvalue weighted by molar-refractivity contribution is -0.116. The lowest BCUT2D eigenvalue weighted by Gasteiger charge is -2.06. The van der Waals surface area contributed by atoms with Gasteiger partial charge in [-0.15, -0.1) is 11.3 Å². The van der Waals surface area contributed by atoms with Gasteiger partial charge in [-0.3, -0.25) is 14.2 Å². The van der Waals surface area contributed by atoms with E-state index < -0.39 is 0 Å². The second kappa shape index (κ2) is 8.12. The lowest BCUT2D eigenvalue weighted by atomic mass is 10.0. The largest absolute Gasteiger partial charge is 0.302 e.